The second kappa shape index (κ2) is 6.33. The normalized spacial score (nSPS) is 13.0. The molecule has 0 saturated carbocycles. The van der Waals surface area contributed by atoms with Gasteiger partial charge in [-0.05, 0) is 36.8 Å². The summed E-state index contributed by atoms with van der Waals surface area (Å²) in [5.74, 6) is -0.987. The molecule has 0 aliphatic carbocycles. The molecule has 1 unspecified atom stereocenters. The number of aromatic nitrogens is 1. The molecule has 2 heterocycles. The fraction of sp³-hybridized carbons (Fsp3) is 0.231. The van der Waals surface area contributed by atoms with Gasteiger partial charge in [-0.25, -0.2) is 13.1 Å². The summed E-state index contributed by atoms with van der Waals surface area (Å²) < 4.78 is 27.2. The second-order valence-electron chi connectivity index (χ2n) is 4.41. The molecule has 0 aliphatic heterocycles. The highest BCUT2D eigenvalue weighted by Crippen LogP contribution is 2.24. The van der Waals surface area contributed by atoms with E-state index in [4.69, 9.17) is 5.11 Å². The van der Waals surface area contributed by atoms with Crippen LogP contribution in [0.5, 0.6) is 0 Å². The number of rotatable bonds is 6. The summed E-state index contributed by atoms with van der Waals surface area (Å²) in [6.45, 7) is 1.73. The van der Waals surface area contributed by atoms with E-state index in [1.54, 1.807) is 31.5 Å². The van der Waals surface area contributed by atoms with Crippen molar-refractivity contribution in [1.29, 1.82) is 0 Å². The molecule has 0 radical (unpaired) electrons. The van der Waals surface area contributed by atoms with E-state index in [1.807, 2.05) is 0 Å². The van der Waals surface area contributed by atoms with Gasteiger partial charge in [0.2, 0.25) is 0 Å². The van der Waals surface area contributed by atoms with Crippen LogP contribution < -0.4 is 4.72 Å². The number of pyridine rings is 1. The smallest absolute Gasteiger partial charge is 0.308 e. The van der Waals surface area contributed by atoms with Crippen LogP contribution in [0.1, 0.15) is 23.4 Å². The molecule has 0 amide bonds. The van der Waals surface area contributed by atoms with Crippen molar-refractivity contribution < 1.29 is 18.3 Å². The Bertz CT molecular complexity index is 726. The van der Waals surface area contributed by atoms with Gasteiger partial charge in [-0.2, -0.15) is 0 Å². The highest BCUT2D eigenvalue weighted by Gasteiger charge is 2.20. The minimum Gasteiger partial charge on any atom is -0.481 e. The molecule has 8 heteroatoms. The predicted molar refractivity (Wildman–Crippen MR) is 78.6 cm³/mol. The third-order valence-electron chi connectivity index (χ3n) is 2.77. The fourth-order valence-corrected chi connectivity index (χ4v) is 4.35. The number of nitrogens with zero attached hydrogens (tertiary/aromatic N) is 1. The van der Waals surface area contributed by atoms with E-state index in [0.717, 1.165) is 16.9 Å². The van der Waals surface area contributed by atoms with Crippen LogP contribution in [0.4, 0.5) is 0 Å². The number of thiophene rings is 1. The molecule has 0 aromatic carbocycles. The average Bonchev–Trinajstić information content (AvgIpc) is 2.88. The van der Waals surface area contributed by atoms with E-state index in [1.165, 1.54) is 12.1 Å². The van der Waals surface area contributed by atoms with Crippen molar-refractivity contribution in [1.82, 2.24) is 9.71 Å². The van der Waals surface area contributed by atoms with Gasteiger partial charge in [-0.15, -0.1) is 11.3 Å². The molecule has 21 heavy (non-hydrogen) atoms. The Morgan fingerprint density at radius 2 is 2.00 bits per heavy atom. The molecule has 1 atom stereocenters. The van der Waals surface area contributed by atoms with Gasteiger partial charge in [0.15, 0.2) is 0 Å². The van der Waals surface area contributed by atoms with Crippen molar-refractivity contribution in [2.45, 2.75) is 23.6 Å². The number of hydrogen-bond donors (Lipinski definition) is 2. The monoisotopic (exact) mass is 326 g/mol. The maximum atomic E-state index is 12.3. The van der Waals surface area contributed by atoms with E-state index in [0.29, 0.717) is 4.88 Å². The molecule has 0 spiro atoms. The lowest BCUT2D eigenvalue weighted by Crippen LogP contribution is -2.26. The summed E-state index contributed by atoms with van der Waals surface area (Å²) in [6.07, 6.45) is 3.01. The first-order valence-electron chi connectivity index (χ1n) is 6.11. The van der Waals surface area contributed by atoms with Gasteiger partial charge >= 0.3 is 5.97 Å². The van der Waals surface area contributed by atoms with E-state index < -0.39 is 22.0 Å². The molecular weight excluding hydrogens is 312 g/mol. The number of nitrogens with one attached hydrogen (secondary N) is 1. The minimum absolute atomic E-state index is 0.111. The minimum atomic E-state index is -3.67. The molecule has 0 fully saturated rings. The number of hydrogen-bond acceptors (Lipinski definition) is 5. The third-order valence-corrected chi connectivity index (χ3v) is 5.88. The fourth-order valence-electron chi connectivity index (χ4n) is 1.76. The molecular formula is C13H14N2O4S2. The summed E-state index contributed by atoms with van der Waals surface area (Å²) in [5, 5.41) is 8.71. The predicted octanol–water partition coefficient (Wildman–Crippen LogP) is 1.81. The van der Waals surface area contributed by atoms with Crippen LogP contribution in [0.3, 0.4) is 0 Å². The molecule has 2 N–H and O–H groups in total. The standard InChI is InChI=1S/C13H14N2O4S2/c1-9(10-4-6-14-7-5-10)15-21(18,19)13-3-2-11(20-13)8-12(16)17/h2-7,9,15H,8H2,1H3,(H,16,17). The topological polar surface area (TPSA) is 96.4 Å². The molecule has 6 nitrogen and oxygen atoms in total. The zero-order valence-electron chi connectivity index (χ0n) is 11.2. The van der Waals surface area contributed by atoms with E-state index in [2.05, 4.69) is 9.71 Å². The first-order valence-corrected chi connectivity index (χ1v) is 8.41. The molecule has 0 saturated heterocycles. The Morgan fingerprint density at radius 3 is 2.62 bits per heavy atom. The van der Waals surface area contributed by atoms with Crippen LogP contribution in [0.15, 0.2) is 40.9 Å². The van der Waals surface area contributed by atoms with Crippen molar-refractivity contribution in [3.63, 3.8) is 0 Å². The van der Waals surface area contributed by atoms with E-state index in [9.17, 15) is 13.2 Å². The lowest BCUT2D eigenvalue weighted by atomic mass is 10.1. The average molecular weight is 326 g/mol. The van der Waals surface area contributed by atoms with Crippen molar-refractivity contribution in [3.05, 3.63) is 47.1 Å². The number of carboxylic acids is 1. The van der Waals surface area contributed by atoms with Crippen LogP contribution in [-0.2, 0) is 21.2 Å². The van der Waals surface area contributed by atoms with Gasteiger partial charge in [0, 0.05) is 23.3 Å². The molecule has 0 aliphatic rings. The Hall–Kier alpha value is -1.77. The highest BCUT2D eigenvalue weighted by atomic mass is 32.2. The number of carboxylic acid groups (broad SMARTS) is 1. The molecule has 2 aromatic heterocycles. The summed E-state index contributed by atoms with van der Waals surface area (Å²) in [4.78, 5) is 15.0. The van der Waals surface area contributed by atoms with Crippen LogP contribution in [0.2, 0.25) is 0 Å². The van der Waals surface area contributed by atoms with Crippen LogP contribution in [0, 0.1) is 0 Å². The number of carbonyl (C=O) groups is 1. The van der Waals surface area contributed by atoms with E-state index in [-0.39, 0.29) is 10.6 Å². The van der Waals surface area contributed by atoms with Crippen molar-refractivity contribution >= 4 is 27.3 Å². The summed E-state index contributed by atoms with van der Waals surface area (Å²) >= 11 is 0.962. The number of sulfonamides is 1. The largest absolute Gasteiger partial charge is 0.481 e. The van der Waals surface area contributed by atoms with Crippen molar-refractivity contribution in [2.75, 3.05) is 0 Å². The summed E-state index contributed by atoms with van der Waals surface area (Å²) in [6, 6.07) is 6.01. The number of aliphatic carboxylic acids is 1. The quantitative estimate of drug-likeness (QED) is 0.844. The maximum absolute atomic E-state index is 12.3. The molecule has 2 rings (SSSR count). The van der Waals surface area contributed by atoms with Crippen molar-refractivity contribution in [3.8, 4) is 0 Å². The maximum Gasteiger partial charge on any atom is 0.308 e. The SMILES string of the molecule is CC(NS(=O)(=O)c1ccc(CC(=O)O)s1)c1ccncc1. The molecule has 112 valence electrons. The zero-order valence-corrected chi connectivity index (χ0v) is 12.8. The Morgan fingerprint density at radius 1 is 1.33 bits per heavy atom. The first kappa shape index (κ1) is 15.6. The molecule has 0 bridgehead atoms. The van der Waals surface area contributed by atoms with Crippen LogP contribution in [-0.4, -0.2) is 24.5 Å². The van der Waals surface area contributed by atoms with Gasteiger partial charge < -0.3 is 5.11 Å². The van der Waals surface area contributed by atoms with Gasteiger partial charge in [0.05, 0.1) is 6.42 Å². The Kier molecular flexibility index (Phi) is 4.71. The summed E-state index contributed by atoms with van der Waals surface area (Å²) in [5.41, 5.74) is 0.802. The van der Waals surface area contributed by atoms with Crippen LogP contribution in [0.25, 0.3) is 0 Å². The van der Waals surface area contributed by atoms with E-state index >= 15 is 0 Å². The second-order valence-corrected chi connectivity index (χ2v) is 7.52. The Labute approximate surface area is 126 Å². The highest BCUT2D eigenvalue weighted by molar-refractivity contribution is 7.91. The zero-order chi connectivity index (χ0) is 15.5. The van der Waals surface area contributed by atoms with Gasteiger partial charge in [0.1, 0.15) is 4.21 Å². The lowest BCUT2D eigenvalue weighted by molar-refractivity contribution is -0.136. The van der Waals surface area contributed by atoms with Gasteiger partial charge in [-0.3, -0.25) is 9.78 Å². The Balaban J connectivity index is 2.15. The first-order chi connectivity index (χ1) is 9.88. The third kappa shape index (κ3) is 4.10. The van der Waals surface area contributed by atoms with Gasteiger partial charge in [0.25, 0.3) is 10.0 Å². The summed E-state index contributed by atoms with van der Waals surface area (Å²) in [7, 11) is -3.67. The van der Waals surface area contributed by atoms with Gasteiger partial charge in [-0.1, -0.05) is 0 Å². The van der Waals surface area contributed by atoms with Crippen LogP contribution >= 0.6 is 11.3 Å². The molecule has 2 aromatic rings. The lowest BCUT2D eigenvalue weighted by Gasteiger charge is -2.13. The van der Waals surface area contributed by atoms with Crippen molar-refractivity contribution in [2.24, 2.45) is 0 Å².